The standard InChI is InChI=1S/C12H12FN3O2/c13-8-4-2-1-3-7(8)10-11(17)15-9(5-6-14)16-12(10)18/h1-4H,5-6,14H2,(H2,15,16,17,18). The molecule has 4 N–H and O–H groups in total. The number of H-pyrrole nitrogens is 1. The maximum atomic E-state index is 13.6. The molecule has 2 rings (SSSR count). The van der Waals surface area contributed by atoms with Crippen LogP contribution in [0.15, 0.2) is 29.1 Å². The van der Waals surface area contributed by atoms with Crippen LogP contribution in [0.4, 0.5) is 4.39 Å². The summed E-state index contributed by atoms with van der Waals surface area (Å²) in [7, 11) is 0. The fourth-order valence-electron chi connectivity index (χ4n) is 1.67. The number of benzene rings is 1. The zero-order chi connectivity index (χ0) is 13.1. The van der Waals surface area contributed by atoms with Crippen LogP contribution in [0.2, 0.25) is 0 Å². The van der Waals surface area contributed by atoms with Gasteiger partial charge in [-0.1, -0.05) is 18.2 Å². The van der Waals surface area contributed by atoms with E-state index in [2.05, 4.69) is 9.97 Å². The average molecular weight is 249 g/mol. The quantitative estimate of drug-likeness (QED) is 0.749. The highest BCUT2D eigenvalue weighted by Gasteiger charge is 2.15. The molecule has 0 unspecified atom stereocenters. The number of rotatable bonds is 3. The van der Waals surface area contributed by atoms with Gasteiger partial charge in [0.25, 0.3) is 5.56 Å². The van der Waals surface area contributed by atoms with E-state index in [9.17, 15) is 14.3 Å². The number of nitrogens with one attached hydrogen (secondary N) is 1. The minimum Gasteiger partial charge on any atom is -0.493 e. The Morgan fingerprint density at radius 1 is 1.39 bits per heavy atom. The lowest BCUT2D eigenvalue weighted by atomic mass is 10.1. The first-order valence-corrected chi connectivity index (χ1v) is 5.40. The second-order valence-electron chi connectivity index (χ2n) is 3.73. The molecule has 6 heteroatoms. The summed E-state index contributed by atoms with van der Waals surface area (Å²) in [6.45, 7) is 0.293. The Kier molecular flexibility index (Phi) is 3.38. The molecule has 18 heavy (non-hydrogen) atoms. The van der Waals surface area contributed by atoms with Crippen molar-refractivity contribution < 1.29 is 9.50 Å². The zero-order valence-electron chi connectivity index (χ0n) is 9.48. The predicted molar refractivity (Wildman–Crippen MR) is 64.7 cm³/mol. The molecule has 0 aliphatic carbocycles. The van der Waals surface area contributed by atoms with Crippen molar-refractivity contribution in [3.8, 4) is 17.0 Å². The van der Waals surface area contributed by atoms with Gasteiger partial charge in [-0.2, -0.15) is 4.98 Å². The minimum atomic E-state index is -0.591. The van der Waals surface area contributed by atoms with E-state index in [1.807, 2.05) is 0 Å². The third-order valence-corrected chi connectivity index (χ3v) is 2.47. The lowest BCUT2D eigenvalue weighted by Crippen LogP contribution is -2.17. The lowest BCUT2D eigenvalue weighted by molar-refractivity contribution is 0.449. The molecule has 0 spiro atoms. The normalized spacial score (nSPS) is 10.6. The summed E-state index contributed by atoms with van der Waals surface area (Å²) in [4.78, 5) is 18.1. The molecule has 0 aliphatic rings. The molecule has 0 saturated carbocycles. The number of nitrogens with two attached hydrogens (primary N) is 1. The maximum Gasteiger partial charge on any atom is 0.262 e. The highest BCUT2D eigenvalue weighted by Crippen LogP contribution is 2.25. The van der Waals surface area contributed by atoms with Crippen LogP contribution in [0.25, 0.3) is 11.1 Å². The zero-order valence-corrected chi connectivity index (χ0v) is 9.48. The fraction of sp³-hybridized carbons (Fsp3) is 0.167. The van der Waals surface area contributed by atoms with Crippen LogP contribution in [-0.2, 0) is 6.42 Å². The number of aromatic amines is 1. The molecular formula is C12H12FN3O2. The minimum absolute atomic E-state index is 0.0167. The van der Waals surface area contributed by atoms with E-state index >= 15 is 0 Å². The Bertz CT molecular complexity index is 625. The molecule has 1 aromatic carbocycles. The number of aromatic nitrogens is 2. The Balaban J connectivity index is 2.60. The van der Waals surface area contributed by atoms with Gasteiger partial charge in [0, 0.05) is 12.0 Å². The molecule has 5 nitrogen and oxygen atoms in total. The number of hydrogen-bond donors (Lipinski definition) is 3. The van der Waals surface area contributed by atoms with Gasteiger partial charge >= 0.3 is 0 Å². The molecule has 0 atom stereocenters. The van der Waals surface area contributed by atoms with Crippen LogP contribution >= 0.6 is 0 Å². The van der Waals surface area contributed by atoms with E-state index in [4.69, 9.17) is 5.73 Å². The van der Waals surface area contributed by atoms with Crippen molar-refractivity contribution in [1.29, 1.82) is 0 Å². The van der Waals surface area contributed by atoms with Crippen molar-refractivity contribution in [3.63, 3.8) is 0 Å². The first-order valence-electron chi connectivity index (χ1n) is 5.40. The van der Waals surface area contributed by atoms with Crippen LogP contribution in [0.5, 0.6) is 5.88 Å². The monoisotopic (exact) mass is 249 g/mol. The van der Waals surface area contributed by atoms with Crippen molar-refractivity contribution >= 4 is 0 Å². The molecule has 0 amide bonds. The topological polar surface area (TPSA) is 92.0 Å². The van der Waals surface area contributed by atoms with Crippen molar-refractivity contribution in [3.05, 3.63) is 46.3 Å². The van der Waals surface area contributed by atoms with Gasteiger partial charge in [-0.15, -0.1) is 0 Å². The van der Waals surface area contributed by atoms with E-state index < -0.39 is 17.3 Å². The largest absolute Gasteiger partial charge is 0.493 e. The summed E-state index contributed by atoms with van der Waals surface area (Å²) in [5, 5.41) is 9.74. The number of hydrogen-bond acceptors (Lipinski definition) is 4. The Morgan fingerprint density at radius 3 is 2.72 bits per heavy atom. The van der Waals surface area contributed by atoms with Crippen LogP contribution in [-0.4, -0.2) is 21.6 Å². The molecule has 0 fully saturated rings. The second kappa shape index (κ2) is 4.97. The summed E-state index contributed by atoms with van der Waals surface area (Å²) in [5.74, 6) is -0.806. The Morgan fingerprint density at radius 2 is 2.11 bits per heavy atom. The highest BCUT2D eigenvalue weighted by molar-refractivity contribution is 5.67. The number of nitrogens with zero attached hydrogens (tertiary/aromatic N) is 1. The van der Waals surface area contributed by atoms with Gasteiger partial charge in [0.05, 0.1) is 0 Å². The van der Waals surface area contributed by atoms with Gasteiger partial charge in [0.15, 0.2) is 0 Å². The van der Waals surface area contributed by atoms with Gasteiger partial charge < -0.3 is 15.8 Å². The molecule has 1 aromatic heterocycles. The molecule has 2 aromatic rings. The number of halogens is 1. The number of aromatic hydroxyl groups is 1. The van der Waals surface area contributed by atoms with Gasteiger partial charge in [-0.3, -0.25) is 4.79 Å². The SMILES string of the molecule is NCCc1nc(O)c(-c2ccccc2F)c(=O)[nH]1. The average Bonchev–Trinajstić information content (AvgIpc) is 2.31. The summed E-state index contributed by atoms with van der Waals surface area (Å²) in [5.41, 5.74) is 4.59. The molecular weight excluding hydrogens is 237 g/mol. The smallest absolute Gasteiger partial charge is 0.262 e. The van der Waals surface area contributed by atoms with Gasteiger partial charge in [-0.05, 0) is 12.6 Å². The van der Waals surface area contributed by atoms with Gasteiger partial charge in [-0.25, -0.2) is 4.39 Å². The van der Waals surface area contributed by atoms with Crippen molar-refractivity contribution in [2.45, 2.75) is 6.42 Å². The molecule has 94 valence electrons. The molecule has 1 heterocycles. The summed E-state index contributed by atoms with van der Waals surface area (Å²) in [6.07, 6.45) is 0.334. The van der Waals surface area contributed by atoms with Crippen LogP contribution in [0.3, 0.4) is 0 Å². The van der Waals surface area contributed by atoms with Crippen molar-refractivity contribution in [2.24, 2.45) is 5.73 Å². The second-order valence-corrected chi connectivity index (χ2v) is 3.73. The molecule has 0 saturated heterocycles. The van der Waals surface area contributed by atoms with E-state index in [0.717, 1.165) is 0 Å². The summed E-state index contributed by atoms with van der Waals surface area (Å²) < 4.78 is 13.6. The van der Waals surface area contributed by atoms with E-state index in [0.29, 0.717) is 13.0 Å². The third-order valence-electron chi connectivity index (χ3n) is 2.47. The summed E-state index contributed by atoms with van der Waals surface area (Å²) in [6, 6.07) is 5.69. The van der Waals surface area contributed by atoms with E-state index in [1.54, 1.807) is 6.07 Å². The van der Waals surface area contributed by atoms with E-state index in [1.165, 1.54) is 18.2 Å². The maximum absolute atomic E-state index is 13.6. The van der Waals surface area contributed by atoms with Crippen LogP contribution in [0, 0.1) is 5.82 Å². The predicted octanol–water partition coefficient (Wildman–Crippen LogP) is 0.783. The van der Waals surface area contributed by atoms with Gasteiger partial charge in [0.2, 0.25) is 5.88 Å². The molecule has 0 radical (unpaired) electrons. The van der Waals surface area contributed by atoms with Gasteiger partial charge in [0.1, 0.15) is 17.2 Å². The Hall–Kier alpha value is -2.21. The lowest BCUT2D eigenvalue weighted by Gasteiger charge is -2.06. The third kappa shape index (κ3) is 2.23. The Labute approximate surface area is 102 Å². The van der Waals surface area contributed by atoms with E-state index in [-0.39, 0.29) is 17.0 Å². The fourth-order valence-corrected chi connectivity index (χ4v) is 1.67. The van der Waals surface area contributed by atoms with Crippen LogP contribution in [0.1, 0.15) is 5.82 Å². The van der Waals surface area contributed by atoms with Crippen LogP contribution < -0.4 is 11.3 Å². The summed E-state index contributed by atoms with van der Waals surface area (Å²) >= 11 is 0. The first kappa shape index (κ1) is 12.3. The molecule has 0 bridgehead atoms. The van der Waals surface area contributed by atoms with Crippen molar-refractivity contribution in [1.82, 2.24) is 9.97 Å². The first-order chi connectivity index (χ1) is 8.63. The molecule has 0 aliphatic heterocycles. The highest BCUT2D eigenvalue weighted by atomic mass is 19.1. The van der Waals surface area contributed by atoms with Crippen molar-refractivity contribution in [2.75, 3.05) is 6.54 Å².